The molecular formula is C17H28N2O3. The first-order valence-corrected chi connectivity index (χ1v) is 8.02. The molecule has 0 heterocycles. The van der Waals surface area contributed by atoms with Crippen molar-refractivity contribution in [2.45, 2.75) is 39.5 Å². The van der Waals surface area contributed by atoms with E-state index in [4.69, 9.17) is 15.6 Å². The Balaban J connectivity index is 2.52. The number of carbonyl (C=O) groups excluding carboxylic acids is 1. The van der Waals surface area contributed by atoms with Crippen molar-refractivity contribution in [2.75, 3.05) is 32.0 Å². The van der Waals surface area contributed by atoms with E-state index < -0.39 is 0 Å². The van der Waals surface area contributed by atoms with E-state index in [0.717, 1.165) is 18.4 Å². The first kappa shape index (κ1) is 18.3. The monoisotopic (exact) mass is 308 g/mol. The molecule has 0 saturated carbocycles. The highest BCUT2D eigenvalue weighted by atomic mass is 16.5. The Labute approximate surface area is 133 Å². The van der Waals surface area contributed by atoms with Gasteiger partial charge in [0.15, 0.2) is 0 Å². The number of anilines is 1. The summed E-state index contributed by atoms with van der Waals surface area (Å²) in [6.07, 6.45) is 3.15. The lowest BCUT2D eigenvalue weighted by atomic mass is 10.1. The molecule has 5 heteroatoms. The molecule has 0 aromatic heterocycles. The zero-order valence-corrected chi connectivity index (χ0v) is 13.7. The van der Waals surface area contributed by atoms with Crippen LogP contribution >= 0.6 is 0 Å². The fourth-order valence-electron chi connectivity index (χ4n) is 2.20. The van der Waals surface area contributed by atoms with Gasteiger partial charge in [-0.2, -0.15) is 0 Å². The number of nitrogens with two attached hydrogens (primary N) is 1. The molecule has 0 atom stereocenters. The standard InChI is InChI=1S/C17H28N2O3/c1-3-5-12-22-16-8-6-14(13-15(16)18)7-9-17(21)19(4-2)10-11-20/h6,8,13,20H,3-5,7,9-12,18H2,1-2H3. The van der Waals surface area contributed by atoms with Crippen molar-refractivity contribution in [2.24, 2.45) is 0 Å². The van der Waals surface area contributed by atoms with Gasteiger partial charge in [0, 0.05) is 19.5 Å². The van der Waals surface area contributed by atoms with E-state index in [1.165, 1.54) is 0 Å². The van der Waals surface area contributed by atoms with Gasteiger partial charge in [-0.15, -0.1) is 0 Å². The second-order valence-corrected chi connectivity index (χ2v) is 5.27. The van der Waals surface area contributed by atoms with Crippen LogP contribution in [0.3, 0.4) is 0 Å². The minimum atomic E-state index is -0.00365. The largest absolute Gasteiger partial charge is 0.491 e. The fraction of sp³-hybridized carbons (Fsp3) is 0.588. The summed E-state index contributed by atoms with van der Waals surface area (Å²) in [5.41, 5.74) is 7.63. The number of nitrogen functional groups attached to an aromatic ring is 1. The molecule has 0 aliphatic carbocycles. The third-order valence-corrected chi connectivity index (χ3v) is 3.56. The number of carbonyl (C=O) groups is 1. The Bertz CT molecular complexity index is 463. The lowest BCUT2D eigenvalue weighted by molar-refractivity contribution is -0.131. The summed E-state index contributed by atoms with van der Waals surface area (Å²) in [5.74, 6) is 0.761. The van der Waals surface area contributed by atoms with Gasteiger partial charge >= 0.3 is 0 Å². The molecule has 3 N–H and O–H groups in total. The van der Waals surface area contributed by atoms with Gasteiger partial charge in [-0.1, -0.05) is 19.4 Å². The molecule has 0 unspecified atom stereocenters. The molecule has 0 saturated heterocycles. The number of ether oxygens (including phenoxy) is 1. The number of likely N-dealkylation sites (N-methyl/N-ethyl adjacent to an activating group) is 1. The third kappa shape index (κ3) is 5.93. The molecule has 0 fully saturated rings. The van der Waals surface area contributed by atoms with Crippen LogP contribution in [0.25, 0.3) is 0 Å². The number of hydrogen-bond donors (Lipinski definition) is 2. The maximum Gasteiger partial charge on any atom is 0.222 e. The number of hydrogen-bond acceptors (Lipinski definition) is 4. The van der Waals surface area contributed by atoms with Gasteiger partial charge in [0.05, 0.1) is 18.9 Å². The molecule has 1 rings (SSSR count). The molecule has 124 valence electrons. The summed E-state index contributed by atoms with van der Waals surface area (Å²) in [6.45, 7) is 5.70. The van der Waals surface area contributed by atoms with E-state index in [1.807, 2.05) is 25.1 Å². The van der Waals surface area contributed by atoms with Gasteiger partial charge in [0.1, 0.15) is 5.75 Å². The average Bonchev–Trinajstić information content (AvgIpc) is 2.52. The van der Waals surface area contributed by atoms with E-state index in [0.29, 0.717) is 44.0 Å². The summed E-state index contributed by atoms with van der Waals surface area (Å²) < 4.78 is 5.62. The van der Waals surface area contributed by atoms with E-state index >= 15 is 0 Å². The fourth-order valence-corrected chi connectivity index (χ4v) is 2.20. The number of rotatable bonds is 10. The second-order valence-electron chi connectivity index (χ2n) is 5.27. The van der Waals surface area contributed by atoms with Crippen LogP contribution < -0.4 is 10.5 Å². The normalized spacial score (nSPS) is 10.5. The van der Waals surface area contributed by atoms with Crippen LogP contribution in [0.1, 0.15) is 38.7 Å². The van der Waals surface area contributed by atoms with E-state index in [9.17, 15) is 4.79 Å². The van der Waals surface area contributed by atoms with Crippen molar-refractivity contribution in [3.8, 4) is 5.75 Å². The number of aliphatic hydroxyl groups is 1. The predicted octanol–water partition coefficient (Wildman–Crippen LogP) is 2.22. The molecule has 0 radical (unpaired) electrons. The van der Waals surface area contributed by atoms with Crippen molar-refractivity contribution in [3.63, 3.8) is 0 Å². The molecule has 1 amide bonds. The molecule has 1 aromatic carbocycles. The minimum absolute atomic E-state index is 0.00365. The van der Waals surface area contributed by atoms with Crippen LogP contribution in [-0.2, 0) is 11.2 Å². The molecule has 0 bridgehead atoms. The van der Waals surface area contributed by atoms with Gasteiger partial charge < -0.3 is 20.5 Å². The van der Waals surface area contributed by atoms with E-state index in [-0.39, 0.29) is 12.5 Å². The molecule has 5 nitrogen and oxygen atoms in total. The Kier molecular flexibility index (Phi) is 8.36. The van der Waals surface area contributed by atoms with E-state index in [2.05, 4.69) is 6.92 Å². The quantitative estimate of drug-likeness (QED) is 0.513. The van der Waals surface area contributed by atoms with Crippen molar-refractivity contribution in [3.05, 3.63) is 23.8 Å². The highest BCUT2D eigenvalue weighted by Crippen LogP contribution is 2.23. The maximum absolute atomic E-state index is 12.0. The average molecular weight is 308 g/mol. The summed E-state index contributed by atoms with van der Waals surface area (Å²) in [6, 6.07) is 5.69. The predicted molar refractivity (Wildman–Crippen MR) is 88.9 cm³/mol. The second kappa shape index (κ2) is 10.1. The molecular weight excluding hydrogens is 280 g/mol. The summed E-state index contributed by atoms with van der Waals surface area (Å²) >= 11 is 0. The Morgan fingerprint density at radius 2 is 2.14 bits per heavy atom. The molecule has 22 heavy (non-hydrogen) atoms. The van der Waals surface area contributed by atoms with Gasteiger partial charge in [0.25, 0.3) is 0 Å². The highest BCUT2D eigenvalue weighted by Gasteiger charge is 2.11. The van der Waals surface area contributed by atoms with Crippen molar-refractivity contribution in [1.82, 2.24) is 4.90 Å². The number of unbranched alkanes of at least 4 members (excludes halogenated alkanes) is 1. The summed E-state index contributed by atoms with van der Waals surface area (Å²) in [4.78, 5) is 13.7. The third-order valence-electron chi connectivity index (χ3n) is 3.56. The molecule has 0 spiro atoms. The zero-order valence-electron chi connectivity index (χ0n) is 13.7. The lowest BCUT2D eigenvalue weighted by Gasteiger charge is -2.19. The minimum Gasteiger partial charge on any atom is -0.491 e. The van der Waals surface area contributed by atoms with Crippen LogP contribution in [0.5, 0.6) is 5.75 Å². The van der Waals surface area contributed by atoms with Crippen LogP contribution in [0.4, 0.5) is 5.69 Å². The Hall–Kier alpha value is -1.75. The van der Waals surface area contributed by atoms with Crippen molar-refractivity contribution < 1.29 is 14.6 Å². The molecule has 0 aliphatic heterocycles. The highest BCUT2D eigenvalue weighted by molar-refractivity contribution is 5.76. The molecule has 0 aliphatic rings. The van der Waals surface area contributed by atoms with Crippen LogP contribution in [-0.4, -0.2) is 42.2 Å². The number of benzene rings is 1. The van der Waals surface area contributed by atoms with Crippen LogP contribution in [0.2, 0.25) is 0 Å². The Morgan fingerprint density at radius 3 is 2.73 bits per heavy atom. The first-order valence-electron chi connectivity index (χ1n) is 8.02. The van der Waals surface area contributed by atoms with Gasteiger partial charge in [0.2, 0.25) is 5.91 Å². The number of nitrogens with zero attached hydrogens (tertiary/aromatic N) is 1. The summed E-state index contributed by atoms with van der Waals surface area (Å²) in [7, 11) is 0. The number of aryl methyl sites for hydroxylation is 1. The SMILES string of the molecule is CCCCOc1ccc(CCC(=O)N(CC)CCO)cc1N. The van der Waals surface area contributed by atoms with Crippen molar-refractivity contribution in [1.29, 1.82) is 0 Å². The summed E-state index contributed by atoms with van der Waals surface area (Å²) in [5, 5.41) is 8.93. The van der Waals surface area contributed by atoms with Gasteiger partial charge in [-0.05, 0) is 37.5 Å². The van der Waals surface area contributed by atoms with Crippen LogP contribution in [0, 0.1) is 0 Å². The maximum atomic E-state index is 12.0. The van der Waals surface area contributed by atoms with Gasteiger partial charge in [-0.25, -0.2) is 0 Å². The van der Waals surface area contributed by atoms with Crippen molar-refractivity contribution >= 4 is 11.6 Å². The van der Waals surface area contributed by atoms with Crippen LogP contribution in [0.15, 0.2) is 18.2 Å². The number of aliphatic hydroxyl groups excluding tert-OH is 1. The van der Waals surface area contributed by atoms with Gasteiger partial charge in [-0.3, -0.25) is 4.79 Å². The zero-order chi connectivity index (χ0) is 16.4. The van der Waals surface area contributed by atoms with E-state index in [1.54, 1.807) is 4.90 Å². The Morgan fingerprint density at radius 1 is 1.36 bits per heavy atom. The topological polar surface area (TPSA) is 75.8 Å². The lowest BCUT2D eigenvalue weighted by Crippen LogP contribution is -2.33. The number of amides is 1. The first-order chi connectivity index (χ1) is 10.6. The smallest absolute Gasteiger partial charge is 0.222 e. The molecule has 1 aromatic rings.